The number of ether oxygens (including phenoxy) is 1. The third-order valence-corrected chi connectivity index (χ3v) is 4.74. The average molecular weight is 307 g/mol. The van der Waals surface area contributed by atoms with E-state index in [4.69, 9.17) is 4.74 Å². The maximum absolute atomic E-state index is 12.0. The van der Waals surface area contributed by atoms with Crippen molar-refractivity contribution in [2.45, 2.75) is 56.4 Å². The molecule has 0 spiro atoms. The van der Waals surface area contributed by atoms with E-state index < -0.39 is 0 Å². The van der Waals surface area contributed by atoms with Gasteiger partial charge in [0.2, 0.25) is 5.91 Å². The Balaban J connectivity index is 1.72. The lowest BCUT2D eigenvalue weighted by molar-refractivity contribution is -0.119. The van der Waals surface area contributed by atoms with Crippen molar-refractivity contribution >= 4 is 17.7 Å². The Labute approximate surface area is 131 Å². The van der Waals surface area contributed by atoms with E-state index in [1.165, 1.54) is 25.7 Å². The molecule has 1 N–H and O–H groups in total. The van der Waals surface area contributed by atoms with Crippen LogP contribution in [0.25, 0.3) is 0 Å². The number of rotatable bonds is 6. The van der Waals surface area contributed by atoms with Gasteiger partial charge in [-0.25, -0.2) is 0 Å². The predicted octanol–water partition coefficient (Wildman–Crippen LogP) is 4.02. The van der Waals surface area contributed by atoms with Crippen LogP contribution in [0.15, 0.2) is 29.2 Å². The summed E-state index contributed by atoms with van der Waals surface area (Å²) in [6.45, 7) is 2.65. The van der Waals surface area contributed by atoms with Crippen LogP contribution < -0.4 is 10.1 Å². The predicted molar refractivity (Wildman–Crippen MR) is 88.0 cm³/mol. The molecule has 1 aliphatic rings. The van der Waals surface area contributed by atoms with Crippen molar-refractivity contribution in [2.75, 3.05) is 12.4 Å². The number of amides is 1. The Morgan fingerprint density at radius 3 is 2.48 bits per heavy atom. The van der Waals surface area contributed by atoms with Crippen molar-refractivity contribution in [1.82, 2.24) is 5.32 Å². The van der Waals surface area contributed by atoms with Crippen LogP contribution in [0.3, 0.4) is 0 Å². The zero-order chi connectivity index (χ0) is 14.9. The molecule has 0 atom stereocenters. The van der Waals surface area contributed by atoms with Gasteiger partial charge < -0.3 is 10.1 Å². The molecule has 0 bridgehead atoms. The third kappa shape index (κ3) is 6.00. The molecule has 0 aliphatic heterocycles. The van der Waals surface area contributed by atoms with Gasteiger partial charge in [-0.2, -0.15) is 0 Å². The fourth-order valence-electron chi connectivity index (χ4n) is 2.64. The molecule has 1 aromatic rings. The van der Waals surface area contributed by atoms with E-state index in [0.717, 1.165) is 23.5 Å². The number of benzene rings is 1. The highest BCUT2D eigenvalue weighted by Crippen LogP contribution is 2.22. The number of hydrogen-bond acceptors (Lipinski definition) is 3. The molecule has 0 unspecified atom stereocenters. The van der Waals surface area contributed by atoms with E-state index in [1.54, 1.807) is 11.8 Å². The van der Waals surface area contributed by atoms with Crippen LogP contribution in [0.4, 0.5) is 0 Å². The van der Waals surface area contributed by atoms with Crippen molar-refractivity contribution in [1.29, 1.82) is 0 Å². The lowest BCUT2D eigenvalue weighted by atomic mass is 10.1. The van der Waals surface area contributed by atoms with E-state index in [0.29, 0.717) is 18.4 Å². The minimum atomic E-state index is 0.154. The summed E-state index contributed by atoms with van der Waals surface area (Å²) in [6.07, 6.45) is 7.40. The highest BCUT2D eigenvalue weighted by Gasteiger charge is 2.14. The Hall–Kier alpha value is -1.16. The topological polar surface area (TPSA) is 38.3 Å². The Morgan fingerprint density at radius 1 is 1.19 bits per heavy atom. The van der Waals surface area contributed by atoms with Gasteiger partial charge in [0.05, 0.1) is 12.4 Å². The largest absolute Gasteiger partial charge is 0.494 e. The summed E-state index contributed by atoms with van der Waals surface area (Å²) in [5, 5.41) is 3.18. The third-order valence-electron chi connectivity index (χ3n) is 3.72. The van der Waals surface area contributed by atoms with Gasteiger partial charge in [-0.05, 0) is 44.0 Å². The van der Waals surface area contributed by atoms with Crippen molar-refractivity contribution in [2.24, 2.45) is 0 Å². The lowest BCUT2D eigenvalue weighted by Gasteiger charge is -2.16. The molecule has 0 heterocycles. The van der Waals surface area contributed by atoms with Gasteiger partial charge in [0, 0.05) is 10.9 Å². The molecule has 116 valence electrons. The molecule has 0 aromatic heterocycles. The minimum absolute atomic E-state index is 0.154. The van der Waals surface area contributed by atoms with Crippen molar-refractivity contribution in [3.05, 3.63) is 24.3 Å². The number of carbonyl (C=O) groups excluding carboxylic acids is 1. The summed E-state index contributed by atoms with van der Waals surface area (Å²) in [5.41, 5.74) is 0. The van der Waals surface area contributed by atoms with Gasteiger partial charge in [-0.15, -0.1) is 11.8 Å². The smallest absolute Gasteiger partial charge is 0.230 e. The van der Waals surface area contributed by atoms with Crippen LogP contribution in [-0.2, 0) is 4.79 Å². The first-order chi connectivity index (χ1) is 10.3. The second-order valence-electron chi connectivity index (χ2n) is 5.45. The average Bonchev–Trinajstić information content (AvgIpc) is 2.75. The summed E-state index contributed by atoms with van der Waals surface area (Å²) < 4.78 is 5.41. The second-order valence-corrected chi connectivity index (χ2v) is 6.50. The normalized spacial score (nSPS) is 16.2. The zero-order valence-corrected chi connectivity index (χ0v) is 13.6. The standard InChI is InChI=1S/C17H25NO2S/c1-2-20-15-9-11-16(12-10-15)21-13-17(19)18-14-7-5-3-4-6-8-14/h9-12,14H,2-8,13H2,1H3,(H,18,19). The first-order valence-electron chi connectivity index (χ1n) is 7.93. The van der Waals surface area contributed by atoms with E-state index >= 15 is 0 Å². The zero-order valence-electron chi connectivity index (χ0n) is 12.8. The summed E-state index contributed by atoms with van der Waals surface area (Å²) in [6, 6.07) is 8.31. The number of nitrogens with one attached hydrogen (secondary N) is 1. The molecular weight excluding hydrogens is 282 g/mol. The molecule has 21 heavy (non-hydrogen) atoms. The quantitative estimate of drug-likeness (QED) is 0.637. The van der Waals surface area contributed by atoms with Crippen LogP contribution >= 0.6 is 11.8 Å². The molecule has 1 fully saturated rings. The summed E-state index contributed by atoms with van der Waals surface area (Å²) in [7, 11) is 0. The summed E-state index contributed by atoms with van der Waals surface area (Å²) >= 11 is 1.58. The minimum Gasteiger partial charge on any atom is -0.494 e. The van der Waals surface area contributed by atoms with Gasteiger partial charge >= 0.3 is 0 Å². The lowest BCUT2D eigenvalue weighted by Crippen LogP contribution is -2.35. The van der Waals surface area contributed by atoms with Crippen molar-refractivity contribution in [3.63, 3.8) is 0 Å². The Kier molecular flexibility index (Phi) is 6.93. The molecule has 4 heteroatoms. The SMILES string of the molecule is CCOc1ccc(SCC(=O)NC2CCCCCC2)cc1. The maximum atomic E-state index is 12.0. The van der Waals surface area contributed by atoms with Gasteiger partial charge in [0.15, 0.2) is 0 Å². The molecular formula is C17H25NO2S. The molecule has 1 saturated carbocycles. The first-order valence-corrected chi connectivity index (χ1v) is 8.91. The van der Waals surface area contributed by atoms with E-state index in [-0.39, 0.29) is 5.91 Å². The van der Waals surface area contributed by atoms with Crippen molar-refractivity contribution < 1.29 is 9.53 Å². The molecule has 0 radical (unpaired) electrons. The van der Waals surface area contributed by atoms with Crippen LogP contribution in [0, 0.1) is 0 Å². The fraction of sp³-hybridized carbons (Fsp3) is 0.588. The second kappa shape index (κ2) is 8.98. The van der Waals surface area contributed by atoms with Crippen molar-refractivity contribution in [3.8, 4) is 5.75 Å². The Morgan fingerprint density at radius 2 is 1.86 bits per heavy atom. The summed E-state index contributed by atoms with van der Waals surface area (Å²) in [4.78, 5) is 13.1. The number of thioether (sulfide) groups is 1. The Bertz CT molecular complexity index is 425. The fourth-order valence-corrected chi connectivity index (χ4v) is 3.35. The van der Waals surface area contributed by atoms with E-state index in [9.17, 15) is 4.79 Å². The van der Waals surface area contributed by atoms with Gasteiger partial charge in [0.1, 0.15) is 5.75 Å². The highest BCUT2D eigenvalue weighted by molar-refractivity contribution is 8.00. The van der Waals surface area contributed by atoms with Gasteiger partial charge in [-0.1, -0.05) is 25.7 Å². The first kappa shape index (κ1) is 16.2. The summed E-state index contributed by atoms with van der Waals surface area (Å²) in [5.74, 6) is 1.52. The van der Waals surface area contributed by atoms with Crippen LogP contribution in [0.1, 0.15) is 45.4 Å². The van der Waals surface area contributed by atoms with E-state index in [1.807, 2.05) is 31.2 Å². The molecule has 2 rings (SSSR count). The molecule has 1 amide bonds. The van der Waals surface area contributed by atoms with Gasteiger partial charge in [0.25, 0.3) is 0 Å². The molecule has 3 nitrogen and oxygen atoms in total. The number of hydrogen-bond donors (Lipinski definition) is 1. The number of carbonyl (C=O) groups is 1. The maximum Gasteiger partial charge on any atom is 0.230 e. The van der Waals surface area contributed by atoms with Gasteiger partial charge in [-0.3, -0.25) is 4.79 Å². The highest BCUT2D eigenvalue weighted by atomic mass is 32.2. The molecule has 1 aromatic carbocycles. The van der Waals surface area contributed by atoms with E-state index in [2.05, 4.69) is 5.32 Å². The van der Waals surface area contributed by atoms with Crippen LogP contribution in [0.5, 0.6) is 5.75 Å². The molecule has 0 saturated heterocycles. The molecule has 1 aliphatic carbocycles. The van der Waals surface area contributed by atoms with Crippen LogP contribution in [0.2, 0.25) is 0 Å². The van der Waals surface area contributed by atoms with Crippen LogP contribution in [-0.4, -0.2) is 24.3 Å². The monoisotopic (exact) mass is 307 g/mol.